The summed E-state index contributed by atoms with van der Waals surface area (Å²) in [6.07, 6.45) is 11.6. The van der Waals surface area contributed by atoms with Crippen LogP contribution in [-0.4, -0.2) is 0 Å². The first kappa shape index (κ1) is 11.6. The van der Waals surface area contributed by atoms with E-state index >= 15 is 0 Å². The molecule has 0 saturated carbocycles. The molecule has 1 heterocycles. The molecule has 0 bridgehead atoms. The Morgan fingerprint density at radius 2 is 1.80 bits per heavy atom. The second kappa shape index (κ2) is 4.41. The fourth-order valence-corrected chi connectivity index (χ4v) is 3.20. The van der Waals surface area contributed by atoms with E-state index in [1.54, 1.807) is 0 Å². The molecule has 1 aliphatic heterocycles. The van der Waals surface area contributed by atoms with Crippen molar-refractivity contribution in [1.82, 2.24) is 0 Å². The second-order valence-electron chi connectivity index (χ2n) is 5.59. The van der Waals surface area contributed by atoms with Gasteiger partial charge in [0.2, 0.25) is 0 Å². The van der Waals surface area contributed by atoms with Crippen LogP contribution in [0.1, 0.15) is 30.7 Å². The topological polar surface area (TPSA) is 35.2 Å². The molecule has 3 aliphatic rings. The number of rotatable bonds is 1. The van der Waals surface area contributed by atoms with E-state index in [1.165, 1.54) is 16.7 Å². The van der Waals surface area contributed by atoms with Crippen molar-refractivity contribution in [3.63, 3.8) is 0 Å². The Hall–Kier alpha value is -2.22. The number of fused-ring (bicyclic) bond motifs is 3. The second-order valence-corrected chi connectivity index (χ2v) is 5.59. The van der Waals surface area contributed by atoms with E-state index in [1.807, 2.05) is 12.1 Å². The molecule has 4 rings (SSSR count). The minimum absolute atomic E-state index is 0.385. The molecule has 0 radical (unpaired) electrons. The van der Waals surface area contributed by atoms with E-state index < -0.39 is 0 Å². The Bertz CT molecular complexity index is 691. The maximum atomic E-state index is 5.93. The van der Waals surface area contributed by atoms with Gasteiger partial charge in [-0.3, -0.25) is 0 Å². The largest absolute Gasteiger partial charge is 0.461 e. The maximum Gasteiger partial charge on any atom is 0.130 e. The van der Waals surface area contributed by atoms with E-state index in [-0.39, 0.29) is 0 Å². The van der Waals surface area contributed by atoms with Crippen molar-refractivity contribution in [2.24, 2.45) is 5.73 Å². The average molecular weight is 263 g/mol. The Morgan fingerprint density at radius 3 is 2.65 bits per heavy atom. The van der Waals surface area contributed by atoms with Crippen LogP contribution in [0.25, 0.3) is 0 Å². The molecule has 2 N–H and O–H groups in total. The first-order chi connectivity index (χ1) is 9.81. The summed E-state index contributed by atoms with van der Waals surface area (Å²) in [5, 5.41) is 0. The van der Waals surface area contributed by atoms with Crippen LogP contribution < -0.4 is 10.5 Å². The van der Waals surface area contributed by atoms with Crippen LogP contribution in [0.3, 0.4) is 0 Å². The Balaban J connectivity index is 1.66. The summed E-state index contributed by atoms with van der Waals surface area (Å²) in [5.74, 6) is 2.48. The molecule has 1 aromatic rings. The van der Waals surface area contributed by atoms with Crippen molar-refractivity contribution in [2.75, 3.05) is 0 Å². The normalized spacial score (nSPS) is 23.7. The zero-order valence-electron chi connectivity index (χ0n) is 11.3. The summed E-state index contributed by atoms with van der Waals surface area (Å²) in [7, 11) is 0. The third-order valence-corrected chi connectivity index (χ3v) is 4.33. The number of benzene rings is 1. The fraction of sp³-hybridized carbons (Fsp3) is 0.222. The Labute approximate surface area is 118 Å². The van der Waals surface area contributed by atoms with Gasteiger partial charge in [-0.15, -0.1) is 0 Å². The van der Waals surface area contributed by atoms with Gasteiger partial charge in [-0.05, 0) is 48.6 Å². The highest BCUT2D eigenvalue weighted by molar-refractivity contribution is 5.52. The minimum Gasteiger partial charge on any atom is -0.461 e. The van der Waals surface area contributed by atoms with Crippen molar-refractivity contribution < 1.29 is 4.74 Å². The zero-order chi connectivity index (χ0) is 13.5. The van der Waals surface area contributed by atoms with Gasteiger partial charge >= 0.3 is 0 Å². The summed E-state index contributed by atoms with van der Waals surface area (Å²) in [4.78, 5) is 0. The molecule has 0 amide bonds. The molecule has 0 spiro atoms. The van der Waals surface area contributed by atoms with Crippen molar-refractivity contribution in [2.45, 2.75) is 25.2 Å². The number of ether oxygens (including phenoxy) is 1. The third-order valence-electron chi connectivity index (χ3n) is 4.33. The smallest absolute Gasteiger partial charge is 0.130 e. The molecule has 1 unspecified atom stereocenters. The van der Waals surface area contributed by atoms with Crippen LogP contribution in [0.5, 0.6) is 5.75 Å². The molecule has 1 atom stereocenters. The SMILES string of the molecule is NC1=CC=C(C2=CC=C3Oc4ccccc4C3C2)CC1. The highest BCUT2D eigenvalue weighted by Gasteiger charge is 2.32. The summed E-state index contributed by atoms with van der Waals surface area (Å²) >= 11 is 0. The van der Waals surface area contributed by atoms with Crippen molar-refractivity contribution >= 4 is 0 Å². The lowest BCUT2D eigenvalue weighted by Crippen LogP contribution is -2.09. The standard InChI is InChI=1S/C18H17NO/c19-14-8-5-12(6-9-14)13-7-10-18-16(11-13)15-3-1-2-4-17(15)20-18/h1-5,7-8,10,16H,6,9,11,19H2. The molecule has 1 aromatic carbocycles. The number of para-hydroxylation sites is 1. The maximum absolute atomic E-state index is 5.93. The fourth-order valence-electron chi connectivity index (χ4n) is 3.20. The molecule has 20 heavy (non-hydrogen) atoms. The van der Waals surface area contributed by atoms with Gasteiger partial charge in [0.25, 0.3) is 0 Å². The average Bonchev–Trinajstić information content (AvgIpc) is 2.86. The number of hydrogen-bond acceptors (Lipinski definition) is 2. The van der Waals surface area contributed by atoms with E-state index in [4.69, 9.17) is 10.5 Å². The molecule has 0 fully saturated rings. The summed E-state index contributed by atoms with van der Waals surface area (Å²) in [6.45, 7) is 0. The van der Waals surface area contributed by atoms with Gasteiger partial charge in [-0.25, -0.2) is 0 Å². The monoisotopic (exact) mass is 263 g/mol. The van der Waals surface area contributed by atoms with E-state index in [0.717, 1.165) is 36.5 Å². The van der Waals surface area contributed by atoms with Crippen LogP contribution in [0, 0.1) is 0 Å². The minimum atomic E-state index is 0.385. The highest BCUT2D eigenvalue weighted by atomic mass is 16.5. The van der Waals surface area contributed by atoms with Crippen LogP contribution in [0.4, 0.5) is 0 Å². The van der Waals surface area contributed by atoms with E-state index in [9.17, 15) is 0 Å². The number of nitrogens with two attached hydrogens (primary N) is 1. The molecule has 2 heteroatoms. The molecule has 0 aromatic heterocycles. The van der Waals surface area contributed by atoms with Crippen LogP contribution in [-0.2, 0) is 0 Å². The van der Waals surface area contributed by atoms with Crippen LogP contribution in [0.2, 0.25) is 0 Å². The van der Waals surface area contributed by atoms with Gasteiger partial charge in [0.1, 0.15) is 11.5 Å². The predicted molar refractivity (Wildman–Crippen MR) is 80.2 cm³/mol. The summed E-state index contributed by atoms with van der Waals surface area (Å²) in [5.41, 5.74) is 11.0. The molecule has 100 valence electrons. The molecular formula is C18H17NO. The van der Waals surface area contributed by atoms with Gasteiger partial charge in [0.05, 0.1) is 0 Å². The molecule has 2 nitrogen and oxygen atoms in total. The van der Waals surface area contributed by atoms with Gasteiger partial charge in [-0.1, -0.05) is 30.4 Å². The highest BCUT2D eigenvalue weighted by Crippen LogP contribution is 2.47. The Morgan fingerprint density at radius 1 is 0.950 bits per heavy atom. The number of hydrogen-bond donors (Lipinski definition) is 1. The van der Waals surface area contributed by atoms with E-state index in [2.05, 4.69) is 36.4 Å². The van der Waals surface area contributed by atoms with Crippen molar-refractivity contribution in [3.8, 4) is 5.75 Å². The quantitative estimate of drug-likeness (QED) is 0.833. The lowest BCUT2D eigenvalue weighted by molar-refractivity contribution is 0.423. The predicted octanol–water partition coefficient (Wildman–Crippen LogP) is 3.94. The van der Waals surface area contributed by atoms with Crippen LogP contribution in [0.15, 0.2) is 71.2 Å². The van der Waals surface area contributed by atoms with Gasteiger partial charge in [-0.2, -0.15) is 0 Å². The molecule has 2 aliphatic carbocycles. The Kier molecular flexibility index (Phi) is 2.56. The molecule has 0 saturated heterocycles. The molecular weight excluding hydrogens is 246 g/mol. The first-order valence-corrected chi connectivity index (χ1v) is 7.14. The van der Waals surface area contributed by atoms with E-state index in [0.29, 0.717) is 5.92 Å². The lowest BCUT2D eigenvalue weighted by Gasteiger charge is -2.21. The van der Waals surface area contributed by atoms with Gasteiger partial charge < -0.3 is 10.5 Å². The summed E-state index contributed by atoms with van der Waals surface area (Å²) in [6, 6.07) is 8.35. The van der Waals surface area contributed by atoms with Crippen LogP contribution >= 0.6 is 0 Å². The zero-order valence-corrected chi connectivity index (χ0v) is 11.3. The van der Waals surface area contributed by atoms with Gasteiger partial charge in [0, 0.05) is 17.2 Å². The first-order valence-electron chi connectivity index (χ1n) is 7.14. The number of allylic oxidation sites excluding steroid dienone is 8. The third kappa shape index (κ3) is 1.80. The van der Waals surface area contributed by atoms with Gasteiger partial charge in [0.15, 0.2) is 0 Å². The van der Waals surface area contributed by atoms with Crippen molar-refractivity contribution in [1.29, 1.82) is 0 Å². The lowest BCUT2D eigenvalue weighted by atomic mass is 9.83. The summed E-state index contributed by atoms with van der Waals surface area (Å²) < 4.78 is 5.93. The van der Waals surface area contributed by atoms with Crippen molar-refractivity contribution in [3.05, 3.63) is 76.7 Å².